The molecule has 1 aromatic heterocycles. The second-order valence-corrected chi connectivity index (χ2v) is 4.83. The van der Waals surface area contributed by atoms with Crippen LogP contribution < -0.4 is 5.43 Å². The SMILES string of the molecule is Cc1ccc(C(=O)NN=Cc2cc(Br)c(O)cc2O)o1. The number of aryl methyl sites for hydroxylation is 1. The summed E-state index contributed by atoms with van der Waals surface area (Å²) in [4.78, 5) is 11.6. The lowest BCUT2D eigenvalue weighted by molar-refractivity contribution is 0.0926. The molecule has 0 saturated carbocycles. The fourth-order valence-electron chi connectivity index (χ4n) is 1.44. The van der Waals surface area contributed by atoms with Gasteiger partial charge in [-0.3, -0.25) is 4.79 Å². The Morgan fingerprint density at radius 3 is 2.75 bits per heavy atom. The van der Waals surface area contributed by atoms with Crippen molar-refractivity contribution in [3.63, 3.8) is 0 Å². The summed E-state index contributed by atoms with van der Waals surface area (Å²) in [7, 11) is 0. The third-order valence-electron chi connectivity index (χ3n) is 2.43. The van der Waals surface area contributed by atoms with Crippen molar-refractivity contribution in [1.82, 2.24) is 5.43 Å². The lowest BCUT2D eigenvalue weighted by atomic mass is 10.2. The first kappa shape index (κ1) is 14.1. The first-order valence-corrected chi connectivity index (χ1v) is 6.38. The highest BCUT2D eigenvalue weighted by Crippen LogP contribution is 2.30. The summed E-state index contributed by atoms with van der Waals surface area (Å²) < 4.78 is 5.54. The molecule has 104 valence electrons. The molecule has 0 unspecified atom stereocenters. The van der Waals surface area contributed by atoms with Crippen LogP contribution in [0.25, 0.3) is 0 Å². The van der Waals surface area contributed by atoms with Crippen LogP contribution in [0.15, 0.2) is 38.3 Å². The van der Waals surface area contributed by atoms with Gasteiger partial charge in [-0.2, -0.15) is 5.10 Å². The van der Waals surface area contributed by atoms with Crippen molar-refractivity contribution in [2.24, 2.45) is 5.10 Å². The van der Waals surface area contributed by atoms with Crippen LogP contribution in [-0.2, 0) is 0 Å². The molecule has 1 heterocycles. The Balaban J connectivity index is 2.07. The summed E-state index contributed by atoms with van der Waals surface area (Å²) in [5.74, 6) is 0.0361. The molecule has 0 spiro atoms. The molecule has 0 bridgehead atoms. The van der Waals surface area contributed by atoms with Crippen LogP contribution in [0.4, 0.5) is 0 Å². The number of nitrogens with one attached hydrogen (secondary N) is 1. The molecule has 0 aliphatic heterocycles. The number of halogens is 1. The van der Waals surface area contributed by atoms with Crippen molar-refractivity contribution in [3.05, 3.63) is 45.8 Å². The monoisotopic (exact) mass is 338 g/mol. The molecular formula is C13H11BrN2O4. The maximum absolute atomic E-state index is 11.6. The van der Waals surface area contributed by atoms with Gasteiger partial charge in [0.25, 0.3) is 0 Å². The molecular weight excluding hydrogens is 328 g/mol. The Bertz CT molecular complexity index is 679. The van der Waals surface area contributed by atoms with E-state index in [1.807, 2.05) is 0 Å². The zero-order valence-electron chi connectivity index (χ0n) is 10.4. The number of phenolic OH excluding ortho intramolecular Hbond substituents is 2. The van der Waals surface area contributed by atoms with Gasteiger partial charge in [0.1, 0.15) is 17.3 Å². The molecule has 20 heavy (non-hydrogen) atoms. The molecule has 0 radical (unpaired) electrons. The number of amides is 1. The number of hydrogen-bond donors (Lipinski definition) is 3. The first-order chi connectivity index (χ1) is 9.47. The summed E-state index contributed by atoms with van der Waals surface area (Å²) in [5.41, 5.74) is 2.61. The van der Waals surface area contributed by atoms with E-state index < -0.39 is 5.91 Å². The number of hydrazone groups is 1. The van der Waals surface area contributed by atoms with Gasteiger partial charge in [-0.1, -0.05) is 0 Å². The van der Waals surface area contributed by atoms with E-state index in [1.54, 1.807) is 13.0 Å². The number of carbonyl (C=O) groups is 1. The molecule has 0 aliphatic carbocycles. The fraction of sp³-hybridized carbons (Fsp3) is 0.0769. The highest BCUT2D eigenvalue weighted by Gasteiger charge is 2.09. The van der Waals surface area contributed by atoms with Crippen LogP contribution in [0, 0.1) is 6.92 Å². The molecule has 7 heteroatoms. The Hall–Kier alpha value is -2.28. The topological polar surface area (TPSA) is 95.1 Å². The zero-order chi connectivity index (χ0) is 14.7. The van der Waals surface area contributed by atoms with Crippen LogP contribution in [0.5, 0.6) is 11.5 Å². The summed E-state index contributed by atoms with van der Waals surface area (Å²) >= 11 is 3.12. The molecule has 1 aromatic carbocycles. The van der Waals surface area contributed by atoms with Gasteiger partial charge in [-0.25, -0.2) is 5.43 Å². The van der Waals surface area contributed by atoms with E-state index in [2.05, 4.69) is 26.5 Å². The number of furan rings is 1. The average molecular weight is 339 g/mol. The Labute approximate surface area is 122 Å². The van der Waals surface area contributed by atoms with Crippen molar-refractivity contribution in [2.45, 2.75) is 6.92 Å². The van der Waals surface area contributed by atoms with E-state index in [0.717, 1.165) is 0 Å². The number of hydrogen-bond acceptors (Lipinski definition) is 5. The van der Waals surface area contributed by atoms with Crippen molar-refractivity contribution in [2.75, 3.05) is 0 Å². The number of phenols is 2. The van der Waals surface area contributed by atoms with E-state index in [4.69, 9.17) is 4.42 Å². The lowest BCUT2D eigenvalue weighted by Crippen LogP contribution is -2.16. The second-order valence-electron chi connectivity index (χ2n) is 3.97. The van der Waals surface area contributed by atoms with Crippen LogP contribution in [0.2, 0.25) is 0 Å². The smallest absolute Gasteiger partial charge is 0.307 e. The van der Waals surface area contributed by atoms with E-state index >= 15 is 0 Å². The second kappa shape index (κ2) is 5.79. The van der Waals surface area contributed by atoms with E-state index in [9.17, 15) is 15.0 Å². The van der Waals surface area contributed by atoms with Crippen LogP contribution in [-0.4, -0.2) is 22.3 Å². The number of nitrogens with zero attached hydrogens (tertiary/aromatic N) is 1. The standard InChI is InChI=1S/C13H11BrN2O4/c1-7-2-3-12(20-7)13(19)16-15-6-8-4-9(14)11(18)5-10(8)17/h2-6,17-18H,1H3,(H,16,19). The first-order valence-electron chi connectivity index (χ1n) is 5.58. The van der Waals surface area contributed by atoms with Gasteiger partial charge in [-0.05, 0) is 41.1 Å². The number of benzene rings is 1. The van der Waals surface area contributed by atoms with Crippen molar-refractivity contribution in [1.29, 1.82) is 0 Å². The van der Waals surface area contributed by atoms with E-state index in [1.165, 1.54) is 24.4 Å². The number of carbonyl (C=O) groups excluding carboxylic acids is 1. The maximum Gasteiger partial charge on any atom is 0.307 e. The molecule has 0 fully saturated rings. The Morgan fingerprint density at radius 2 is 2.10 bits per heavy atom. The van der Waals surface area contributed by atoms with Gasteiger partial charge >= 0.3 is 5.91 Å². The largest absolute Gasteiger partial charge is 0.507 e. The van der Waals surface area contributed by atoms with E-state index in [-0.39, 0.29) is 17.3 Å². The summed E-state index contributed by atoms with van der Waals surface area (Å²) in [6, 6.07) is 5.84. The molecule has 0 saturated heterocycles. The van der Waals surface area contributed by atoms with Crippen LogP contribution in [0.1, 0.15) is 21.9 Å². The van der Waals surface area contributed by atoms with Crippen molar-refractivity contribution in [3.8, 4) is 11.5 Å². The minimum absolute atomic E-state index is 0.0882. The minimum atomic E-state index is -0.494. The molecule has 6 nitrogen and oxygen atoms in total. The molecule has 0 aliphatic rings. The van der Waals surface area contributed by atoms with Gasteiger partial charge in [-0.15, -0.1) is 0 Å². The maximum atomic E-state index is 11.6. The van der Waals surface area contributed by atoms with Crippen LogP contribution in [0.3, 0.4) is 0 Å². The Morgan fingerprint density at radius 1 is 1.35 bits per heavy atom. The number of rotatable bonds is 3. The minimum Gasteiger partial charge on any atom is -0.507 e. The van der Waals surface area contributed by atoms with Crippen LogP contribution >= 0.6 is 15.9 Å². The predicted octanol–water partition coefficient (Wildman–Crippen LogP) is 2.53. The fourth-order valence-corrected chi connectivity index (χ4v) is 1.80. The number of aromatic hydroxyl groups is 2. The molecule has 2 rings (SSSR count). The van der Waals surface area contributed by atoms with Gasteiger partial charge in [0.05, 0.1) is 10.7 Å². The zero-order valence-corrected chi connectivity index (χ0v) is 12.0. The third-order valence-corrected chi connectivity index (χ3v) is 3.07. The normalized spacial score (nSPS) is 10.9. The van der Waals surface area contributed by atoms with Gasteiger partial charge in [0.15, 0.2) is 5.76 Å². The van der Waals surface area contributed by atoms with Gasteiger partial charge < -0.3 is 14.6 Å². The highest BCUT2D eigenvalue weighted by atomic mass is 79.9. The molecule has 2 aromatic rings. The summed E-state index contributed by atoms with van der Waals surface area (Å²) in [6.07, 6.45) is 1.26. The van der Waals surface area contributed by atoms with Gasteiger partial charge in [0.2, 0.25) is 0 Å². The predicted molar refractivity (Wildman–Crippen MR) is 76.0 cm³/mol. The quantitative estimate of drug-likeness (QED) is 0.592. The molecule has 3 N–H and O–H groups in total. The highest BCUT2D eigenvalue weighted by molar-refractivity contribution is 9.10. The molecule has 1 amide bonds. The summed E-state index contributed by atoms with van der Waals surface area (Å²) in [6.45, 7) is 1.73. The van der Waals surface area contributed by atoms with Gasteiger partial charge in [0, 0.05) is 11.6 Å². The van der Waals surface area contributed by atoms with Crippen molar-refractivity contribution >= 4 is 28.1 Å². The van der Waals surface area contributed by atoms with Crippen molar-refractivity contribution < 1.29 is 19.4 Å². The lowest BCUT2D eigenvalue weighted by Gasteiger charge is -2.02. The van der Waals surface area contributed by atoms with E-state index in [0.29, 0.717) is 15.8 Å². The Kier molecular flexibility index (Phi) is 4.09. The third kappa shape index (κ3) is 3.18. The summed E-state index contributed by atoms with van der Waals surface area (Å²) in [5, 5.41) is 22.7. The molecule has 0 atom stereocenters. The average Bonchev–Trinajstić information content (AvgIpc) is 2.82.